The number of nitrogens with two attached hydrogens (primary N) is 1. The molecule has 0 spiro atoms. The minimum atomic E-state index is -0.197. The highest BCUT2D eigenvalue weighted by Gasteiger charge is 2.16. The number of fused-ring (bicyclic) bond motifs is 1. The minimum Gasteiger partial charge on any atom is -0.465 e. The zero-order chi connectivity index (χ0) is 14.1. The number of pyridine rings is 1. The van der Waals surface area contributed by atoms with E-state index in [1.165, 1.54) is 11.3 Å². The Kier molecular flexibility index (Phi) is 3.15. The van der Waals surface area contributed by atoms with E-state index in [-0.39, 0.29) is 5.91 Å². The van der Waals surface area contributed by atoms with Gasteiger partial charge in [-0.3, -0.25) is 9.78 Å². The fraction of sp³-hybridized carbons (Fsp3) is 0.143. The van der Waals surface area contributed by atoms with Crippen LogP contribution >= 0.6 is 11.3 Å². The molecule has 1 amide bonds. The first-order chi connectivity index (χ1) is 9.65. The standard InChI is InChI=1S/C14H13N3O2S/c1-8-2-3-9(19-8)6-17-14(18)13-12(15)10-4-5-16-7-11(10)20-13/h2-5,7H,6,15H2,1H3,(H,17,18). The highest BCUT2D eigenvalue weighted by molar-refractivity contribution is 7.21. The van der Waals surface area contributed by atoms with E-state index in [2.05, 4.69) is 10.3 Å². The molecule has 0 fully saturated rings. The van der Waals surface area contributed by atoms with E-state index >= 15 is 0 Å². The predicted octanol–water partition coefficient (Wildman–Crippen LogP) is 2.71. The van der Waals surface area contributed by atoms with Crippen molar-refractivity contribution >= 4 is 33.0 Å². The Hall–Kier alpha value is -2.34. The molecule has 0 aromatic carbocycles. The van der Waals surface area contributed by atoms with Crippen LogP contribution < -0.4 is 11.1 Å². The van der Waals surface area contributed by atoms with Gasteiger partial charge in [0.1, 0.15) is 16.4 Å². The van der Waals surface area contributed by atoms with Crippen molar-refractivity contribution in [3.8, 4) is 0 Å². The third kappa shape index (κ3) is 2.25. The first-order valence-electron chi connectivity index (χ1n) is 6.10. The number of aryl methyl sites for hydroxylation is 1. The maximum atomic E-state index is 12.2. The molecule has 0 radical (unpaired) electrons. The number of hydrogen-bond acceptors (Lipinski definition) is 5. The highest BCUT2D eigenvalue weighted by atomic mass is 32.1. The summed E-state index contributed by atoms with van der Waals surface area (Å²) in [5.41, 5.74) is 6.51. The number of amides is 1. The lowest BCUT2D eigenvalue weighted by molar-refractivity contribution is 0.0953. The number of carbonyl (C=O) groups is 1. The Bertz CT molecular complexity index is 776. The summed E-state index contributed by atoms with van der Waals surface area (Å²) in [5.74, 6) is 1.34. The molecule has 3 N–H and O–H groups in total. The van der Waals surface area contributed by atoms with E-state index in [9.17, 15) is 4.79 Å². The van der Waals surface area contributed by atoms with Crippen molar-refractivity contribution < 1.29 is 9.21 Å². The smallest absolute Gasteiger partial charge is 0.263 e. The molecule has 0 saturated carbocycles. The first kappa shape index (κ1) is 12.7. The molecule has 0 aliphatic heterocycles. The summed E-state index contributed by atoms with van der Waals surface area (Å²) in [6, 6.07) is 5.52. The van der Waals surface area contributed by atoms with E-state index in [1.807, 2.05) is 25.1 Å². The van der Waals surface area contributed by atoms with Crippen molar-refractivity contribution in [3.05, 3.63) is 47.0 Å². The number of rotatable bonds is 3. The summed E-state index contributed by atoms with van der Waals surface area (Å²) in [6.07, 6.45) is 3.38. The lowest BCUT2D eigenvalue weighted by Crippen LogP contribution is -2.22. The number of nitrogen functional groups attached to an aromatic ring is 1. The van der Waals surface area contributed by atoms with Crippen LogP contribution in [-0.4, -0.2) is 10.9 Å². The number of thiophene rings is 1. The quantitative estimate of drug-likeness (QED) is 0.776. The van der Waals surface area contributed by atoms with Crippen molar-refractivity contribution in [2.75, 3.05) is 5.73 Å². The number of carbonyl (C=O) groups excluding carboxylic acids is 1. The van der Waals surface area contributed by atoms with Gasteiger partial charge >= 0.3 is 0 Å². The third-order valence-electron chi connectivity index (χ3n) is 2.96. The molecule has 102 valence electrons. The van der Waals surface area contributed by atoms with Gasteiger partial charge in [-0.15, -0.1) is 11.3 Å². The number of anilines is 1. The van der Waals surface area contributed by atoms with E-state index in [1.54, 1.807) is 12.4 Å². The van der Waals surface area contributed by atoms with E-state index in [0.29, 0.717) is 17.1 Å². The van der Waals surface area contributed by atoms with Crippen molar-refractivity contribution in [3.63, 3.8) is 0 Å². The van der Waals surface area contributed by atoms with Gasteiger partial charge in [-0.25, -0.2) is 0 Å². The molecule has 20 heavy (non-hydrogen) atoms. The predicted molar refractivity (Wildman–Crippen MR) is 78.6 cm³/mol. The second kappa shape index (κ2) is 4.97. The molecule has 0 aliphatic carbocycles. The summed E-state index contributed by atoms with van der Waals surface area (Å²) in [5, 5.41) is 3.67. The molecule has 0 unspecified atom stereocenters. The van der Waals surface area contributed by atoms with Crippen molar-refractivity contribution in [2.45, 2.75) is 13.5 Å². The van der Waals surface area contributed by atoms with Crippen LogP contribution in [0.3, 0.4) is 0 Å². The van der Waals surface area contributed by atoms with Crippen LogP contribution in [0.4, 0.5) is 5.69 Å². The van der Waals surface area contributed by atoms with E-state index in [0.717, 1.165) is 21.6 Å². The number of nitrogens with zero attached hydrogens (tertiary/aromatic N) is 1. The Morgan fingerprint density at radius 1 is 1.45 bits per heavy atom. The number of nitrogens with one attached hydrogen (secondary N) is 1. The maximum absolute atomic E-state index is 12.2. The number of hydrogen-bond donors (Lipinski definition) is 2. The van der Waals surface area contributed by atoms with Crippen LogP contribution in [0.1, 0.15) is 21.2 Å². The molecule has 0 aliphatic rings. The second-order valence-corrected chi connectivity index (χ2v) is 5.46. The van der Waals surface area contributed by atoms with Crippen LogP contribution in [0.2, 0.25) is 0 Å². The fourth-order valence-electron chi connectivity index (χ4n) is 1.97. The van der Waals surface area contributed by atoms with Crippen LogP contribution in [0.15, 0.2) is 35.0 Å². The topological polar surface area (TPSA) is 81.2 Å². The van der Waals surface area contributed by atoms with Crippen molar-refractivity contribution in [2.24, 2.45) is 0 Å². The molecular weight excluding hydrogens is 274 g/mol. The van der Waals surface area contributed by atoms with Gasteiger partial charge in [-0.2, -0.15) is 0 Å². The van der Waals surface area contributed by atoms with Crippen LogP contribution in [0.25, 0.3) is 10.1 Å². The van der Waals surface area contributed by atoms with Crippen molar-refractivity contribution in [1.82, 2.24) is 10.3 Å². The second-order valence-electron chi connectivity index (χ2n) is 4.41. The summed E-state index contributed by atoms with van der Waals surface area (Å²) in [7, 11) is 0. The van der Waals surface area contributed by atoms with Crippen LogP contribution in [0.5, 0.6) is 0 Å². The van der Waals surface area contributed by atoms with Gasteiger partial charge in [0.2, 0.25) is 0 Å². The largest absolute Gasteiger partial charge is 0.465 e. The Morgan fingerprint density at radius 2 is 2.30 bits per heavy atom. The number of aromatic nitrogens is 1. The zero-order valence-corrected chi connectivity index (χ0v) is 11.7. The monoisotopic (exact) mass is 287 g/mol. The molecule has 0 atom stereocenters. The number of furan rings is 1. The van der Waals surface area contributed by atoms with Gasteiger partial charge in [0.25, 0.3) is 5.91 Å². The molecule has 0 saturated heterocycles. The van der Waals surface area contributed by atoms with Crippen LogP contribution in [-0.2, 0) is 6.54 Å². The average molecular weight is 287 g/mol. The van der Waals surface area contributed by atoms with E-state index < -0.39 is 0 Å². The van der Waals surface area contributed by atoms with Gasteiger partial charge in [0.15, 0.2) is 0 Å². The molecule has 6 heteroatoms. The Labute approximate surface area is 119 Å². The molecule has 0 bridgehead atoms. The van der Waals surface area contributed by atoms with Gasteiger partial charge < -0.3 is 15.5 Å². The lowest BCUT2D eigenvalue weighted by Gasteiger charge is -2.02. The van der Waals surface area contributed by atoms with Gasteiger partial charge in [0.05, 0.1) is 16.9 Å². The molecule has 3 rings (SSSR count). The maximum Gasteiger partial charge on any atom is 0.263 e. The minimum absolute atomic E-state index is 0.197. The summed E-state index contributed by atoms with van der Waals surface area (Å²) in [6.45, 7) is 2.21. The average Bonchev–Trinajstić information content (AvgIpc) is 3.01. The normalized spacial score (nSPS) is 10.8. The van der Waals surface area contributed by atoms with E-state index in [4.69, 9.17) is 10.2 Å². The Morgan fingerprint density at radius 3 is 3.00 bits per heavy atom. The molecule has 3 aromatic heterocycles. The summed E-state index contributed by atoms with van der Waals surface area (Å²) in [4.78, 5) is 16.7. The highest BCUT2D eigenvalue weighted by Crippen LogP contribution is 2.32. The van der Waals surface area contributed by atoms with Gasteiger partial charge in [0, 0.05) is 17.8 Å². The van der Waals surface area contributed by atoms with Gasteiger partial charge in [-0.05, 0) is 25.1 Å². The molecule has 3 aromatic rings. The molecule has 5 nitrogen and oxygen atoms in total. The molecular formula is C14H13N3O2S. The molecule has 3 heterocycles. The van der Waals surface area contributed by atoms with Gasteiger partial charge in [-0.1, -0.05) is 0 Å². The Balaban J connectivity index is 1.80. The first-order valence-corrected chi connectivity index (χ1v) is 6.92. The third-order valence-corrected chi connectivity index (χ3v) is 4.11. The summed E-state index contributed by atoms with van der Waals surface area (Å²) >= 11 is 1.34. The summed E-state index contributed by atoms with van der Waals surface area (Å²) < 4.78 is 6.31. The fourth-order valence-corrected chi connectivity index (χ4v) is 2.97. The van der Waals surface area contributed by atoms with Crippen molar-refractivity contribution in [1.29, 1.82) is 0 Å². The SMILES string of the molecule is Cc1ccc(CNC(=O)c2sc3cnccc3c2N)o1. The zero-order valence-electron chi connectivity index (χ0n) is 10.8. The lowest BCUT2D eigenvalue weighted by atomic mass is 10.2. The van der Waals surface area contributed by atoms with Crippen LogP contribution in [0, 0.1) is 6.92 Å².